The van der Waals surface area contributed by atoms with E-state index in [1.54, 1.807) is 12.1 Å². The van der Waals surface area contributed by atoms with Crippen molar-refractivity contribution < 1.29 is 22.8 Å². The molecule has 12 heteroatoms. The maximum absolute atomic E-state index is 13.6. The van der Waals surface area contributed by atoms with Crippen LogP contribution in [0.3, 0.4) is 0 Å². The van der Waals surface area contributed by atoms with E-state index in [2.05, 4.69) is 54.2 Å². The number of unbranched alkanes of at least 4 members (excludes halogenated alkanes) is 1. The topological polar surface area (TPSA) is 85.5 Å². The van der Waals surface area contributed by atoms with E-state index in [4.69, 9.17) is 10.7 Å². The van der Waals surface area contributed by atoms with Crippen LogP contribution in [0.1, 0.15) is 44.6 Å². The summed E-state index contributed by atoms with van der Waals surface area (Å²) in [5, 5.41) is 4.45. The molecule has 220 valence electrons. The van der Waals surface area contributed by atoms with Crippen molar-refractivity contribution in [3.63, 3.8) is 0 Å². The molecule has 0 saturated carbocycles. The van der Waals surface area contributed by atoms with Gasteiger partial charge in [-0.3, -0.25) is 0 Å². The van der Waals surface area contributed by atoms with E-state index in [1.165, 1.54) is 17.0 Å². The van der Waals surface area contributed by atoms with Crippen molar-refractivity contribution in [1.29, 1.82) is 0 Å². The van der Waals surface area contributed by atoms with E-state index in [9.17, 15) is 13.3 Å². The number of benzene rings is 1. The fourth-order valence-electron chi connectivity index (χ4n) is 4.95. The molecule has 0 spiro atoms. The number of rotatable bonds is 12. The zero-order chi connectivity index (χ0) is 28.8. The number of pyridine rings is 1. The second-order valence-electron chi connectivity index (χ2n) is 10.0. The van der Waals surface area contributed by atoms with Crippen molar-refractivity contribution >= 4 is 49.6 Å². The first kappa shape index (κ1) is 30.0. The van der Waals surface area contributed by atoms with Crippen LogP contribution in [0.15, 0.2) is 55.0 Å². The van der Waals surface area contributed by atoms with E-state index in [1.807, 2.05) is 18.6 Å². The number of H-pyrrole nitrogens is 1. The van der Waals surface area contributed by atoms with Gasteiger partial charge in [0, 0.05) is 71.4 Å². The van der Waals surface area contributed by atoms with Gasteiger partial charge in [-0.1, -0.05) is 36.1 Å². The van der Waals surface area contributed by atoms with E-state index < -0.39 is 17.7 Å². The lowest BCUT2D eigenvalue weighted by molar-refractivity contribution is -0.286. The first-order chi connectivity index (χ1) is 19.9. The number of allylic oxidation sites excluding steroid dienone is 3. The summed E-state index contributed by atoms with van der Waals surface area (Å²) < 4.78 is 50.8. The van der Waals surface area contributed by atoms with Crippen LogP contribution in [0.5, 0.6) is 11.5 Å². The monoisotopic (exact) mass is 622 g/mol. The van der Waals surface area contributed by atoms with Gasteiger partial charge in [-0.25, -0.2) is 4.98 Å². The highest BCUT2D eigenvalue weighted by atomic mass is 35.7. The van der Waals surface area contributed by atoms with E-state index in [0.717, 1.165) is 73.0 Å². The summed E-state index contributed by atoms with van der Waals surface area (Å²) in [5.41, 5.74) is 4.11. The number of aromatic nitrogens is 2. The average molecular weight is 623 g/mol. The molecule has 1 unspecified atom stereocenters. The molecule has 3 aromatic rings. The highest BCUT2D eigenvalue weighted by Gasteiger charge is 2.43. The first-order valence-corrected chi connectivity index (χ1v) is 16.8. The Morgan fingerprint density at radius 3 is 2.88 bits per heavy atom. The minimum atomic E-state index is -3.67. The minimum Gasteiger partial charge on any atom is -0.598 e. The van der Waals surface area contributed by atoms with E-state index >= 15 is 0 Å². The number of fused-ring (bicyclic) bond motifs is 2. The first-order valence-electron chi connectivity index (χ1n) is 13.7. The van der Waals surface area contributed by atoms with Gasteiger partial charge < -0.3 is 24.3 Å². The van der Waals surface area contributed by atoms with Crippen LogP contribution in [0.4, 0.5) is 8.78 Å². The molecule has 41 heavy (non-hydrogen) atoms. The van der Waals surface area contributed by atoms with Gasteiger partial charge in [-0.05, 0) is 72.1 Å². The van der Waals surface area contributed by atoms with Crippen LogP contribution in [-0.4, -0.2) is 55.8 Å². The van der Waals surface area contributed by atoms with E-state index in [0.29, 0.717) is 17.0 Å². The van der Waals surface area contributed by atoms with Crippen molar-refractivity contribution in [3.05, 3.63) is 60.6 Å². The van der Waals surface area contributed by atoms with Gasteiger partial charge in [0.15, 0.2) is 11.5 Å². The lowest BCUT2D eigenvalue weighted by atomic mass is 10.0. The molecule has 2 N–H and O–H groups in total. The predicted molar refractivity (Wildman–Crippen MR) is 163 cm³/mol. The second kappa shape index (κ2) is 13.7. The number of ether oxygens (including phenoxy) is 2. The number of nitrogens with one attached hydrogen (secondary N) is 2. The van der Waals surface area contributed by atoms with Crippen LogP contribution in [0, 0.1) is 0 Å². The van der Waals surface area contributed by atoms with Crippen LogP contribution in [0.25, 0.3) is 27.7 Å². The van der Waals surface area contributed by atoms with Crippen LogP contribution in [0.2, 0.25) is 0 Å². The lowest BCUT2D eigenvalue weighted by Crippen LogP contribution is -2.44. The van der Waals surface area contributed by atoms with Crippen molar-refractivity contribution in [3.8, 4) is 22.6 Å². The molecule has 0 amide bonds. The molecule has 1 saturated heterocycles. The SMILES string of the molecule is CCC[S+]([O-])N1CCC(N/C=C(\C=C\CCCSCl)c2cnc3[nH]cc(-c4ccc5c(c4)OC(F)(F)O5)c3c2)CC1. The second-order valence-corrected chi connectivity index (χ2v) is 12.9. The van der Waals surface area contributed by atoms with Crippen molar-refractivity contribution in [2.45, 2.75) is 51.4 Å². The third-order valence-corrected chi connectivity index (χ3v) is 9.67. The zero-order valence-corrected chi connectivity index (χ0v) is 25.1. The molecular formula is C29H33ClF2N4O3S2. The fraction of sp³-hybridized carbons (Fsp3) is 0.414. The molecule has 4 heterocycles. The Kier molecular flexibility index (Phi) is 10.0. The molecule has 0 bridgehead atoms. The average Bonchev–Trinajstić information content (AvgIpc) is 3.53. The number of hydrogen-bond acceptors (Lipinski definition) is 7. The Morgan fingerprint density at radius 1 is 1.29 bits per heavy atom. The Morgan fingerprint density at radius 2 is 2.10 bits per heavy atom. The molecule has 1 fully saturated rings. The number of halogens is 3. The molecule has 1 atom stereocenters. The molecule has 2 aliphatic heterocycles. The Bertz CT molecular complexity index is 1400. The predicted octanol–water partition coefficient (Wildman–Crippen LogP) is 7.24. The number of hydrogen-bond donors (Lipinski definition) is 2. The van der Waals surface area contributed by atoms with Crippen LogP contribution in [-0.2, 0) is 11.4 Å². The van der Waals surface area contributed by atoms with E-state index in [-0.39, 0.29) is 17.5 Å². The number of aromatic amines is 1. The summed E-state index contributed by atoms with van der Waals surface area (Å²) in [6, 6.07) is 7.11. The van der Waals surface area contributed by atoms with Gasteiger partial charge in [0.25, 0.3) is 0 Å². The Balaban J connectivity index is 1.37. The minimum absolute atomic E-state index is 0.00151. The number of nitrogens with zero attached hydrogens (tertiary/aromatic N) is 2. The van der Waals surface area contributed by atoms with Gasteiger partial charge >= 0.3 is 6.29 Å². The Hall–Kier alpha value is -2.44. The fourth-order valence-corrected chi connectivity index (χ4v) is 6.78. The van der Waals surface area contributed by atoms with Gasteiger partial charge in [0.05, 0.1) is 0 Å². The highest BCUT2D eigenvalue weighted by Crippen LogP contribution is 2.43. The lowest BCUT2D eigenvalue weighted by Gasteiger charge is -2.32. The van der Waals surface area contributed by atoms with Gasteiger partial charge in [-0.15, -0.1) is 13.1 Å². The van der Waals surface area contributed by atoms with Crippen molar-refractivity contribution in [1.82, 2.24) is 19.6 Å². The summed E-state index contributed by atoms with van der Waals surface area (Å²) in [5.74, 6) is 1.60. The summed E-state index contributed by atoms with van der Waals surface area (Å²) in [6.45, 7) is 3.67. The molecular weight excluding hydrogens is 590 g/mol. The van der Waals surface area contributed by atoms with Gasteiger partial charge in [-0.2, -0.15) is 0 Å². The summed E-state index contributed by atoms with van der Waals surface area (Å²) in [6.07, 6.45) is 10.9. The largest absolute Gasteiger partial charge is 0.598 e. The highest BCUT2D eigenvalue weighted by molar-refractivity contribution is 8.21. The van der Waals surface area contributed by atoms with Gasteiger partial charge in [0.1, 0.15) is 11.4 Å². The molecule has 2 aromatic heterocycles. The van der Waals surface area contributed by atoms with Crippen molar-refractivity contribution in [2.24, 2.45) is 0 Å². The normalized spacial score (nSPS) is 18.4. The third kappa shape index (κ3) is 7.50. The van der Waals surface area contributed by atoms with Gasteiger partial charge in [0.2, 0.25) is 0 Å². The quantitative estimate of drug-likeness (QED) is 0.125. The standard InChI is InChI=1S/C29H33ClF2N4O3S2/c1-2-14-41(37)36-11-9-23(10-12-36)33-17-21(6-4-3-5-13-40-30)22-15-24-25(19-35-28(24)34-18-22)20-7-8-26-27(16-20)39-29(31,32)38-26/h4,6-8,15-19,23,33H,2-3,5,9-14H2,1H3,(H,34,35)/b6-4+,21-17+. The molecule has 5 rings (SSSR count). The third-order valence-electron chi connectivity index (χ3n) is 7.06. The van der Waals surface area contributed by atoms with Crippen molar-refractivity contribution in [2.75, 3.05) is 24.6 Å². The van der Waals surface area contributed by atoms with Crippen LogP contribution >= 0.6 is 21.7 Å². The molecule has 1 aromatic carbocycles. The summed E-state index contributed by atoms with van der Waals surface area (Å²) in [7, 11) is 7.08. The zero-order valence-electron chi connectivity index (χ0n) is 22.7. The number of piperidine rings is 1. The Labute approximate surface area is 250 Å². The molecule has 0 radical (unpaired) electrons. The maximum Gasteiger partial charge on any atom is 0.586 e. The smallest absolute Gasteiger partial charge is 0.586 e. The molecule has 0 aliphatic carbocycles. The summed E-state index contributed by atoms with van der Waals surface area (Å²) >= 11 is -0.898. The van der Waals surface area contributed by atoms with Crippen LogP contribution < -0.4 is 14.8 Å². The number of alkyl halides is 2. The molecule has 2 aliphatic rings. The molecule has 7 nitrogen and oxygen atoms in total. The summed E-state index contributed by atoms with van der Waals surface area (Å²) in [4.78, 5) is 7.83. The maximum atomic E-state index is 13.6.